The summed E-state index contributed by atoms with van der Waals surface area (Å²) in [5, 5.41) is 7.58. The Bertz CT molecular complexity index is 281. The average molecular weight is 116 g/mol. The molecular formula is C7H4N2. The number of nitrogens with zero attached hydrogens (tertiary/aromatic N) is 1. The van der Waals surface area contributed by atoms with E-state index in [0.29, 0.717) is 0 Å². The second-order valence-corrected chi connectivity index (χ2v) is 1.78. The Morgan fingerprint density at radius 2 is 2.22 bits per heavy atom. The lowest BCUT2D eigenvalue weighted by atomic mass is 10.3. The first-order valence-corrected chi connectivity index (χ1v) is 2.68. The highest BCUT2D eigenvalue weighted by atomic mass is 15.1. The maximum absolute atomic E-state index is 3.81. The van der Waals surface area contributed by atoms with E-state index in [0.717, 1.165) is 10.9 Å². The van der Waals surface area contributed by atoms with E-state index in [9.17, 15) is 0 Å². The summed E-state index contributed by atoms with van der Waals surface area (Å²) in [6.07, 6.45) is 1.73. The monoisotopic (exact) mass is 116 g/mol. The van der Waals surface area contributed by atoms with E-state index in [2.05, 4.69) is 22.3 Å². The zero-order valence-corrected chi connectivity index (χ0v) is 4.68. The van der Waals surface area contributed by atoms with E-state index in [-0.39, 0.29) is 0 Å². The third-order valence-electron chi connectivity index (χ3n) is 1.19. The third kappa shape index (κ3) is 0.598. The van der Waals surface area contributed by atoms with Crippen LogP contribution in [0.4, 0.5) is 0 Å². The normalized spacial score (nSPS) is 10.2. The van der Waals surface area contributed by atoms with E-state index in [1.807, 2.05) is 6.07 Å². The van der Waals surface area contributed by atoms with Crippen LogP contribution < -0.4 is 0 Å². The molecule has 0 atom stereocenters. The number of fused-ring (bicyclic) bond motifs is 1. The van der Waals surface area contributed by atoms with Crippen LogP contribution in [-0.2, 0) is 0 Å². The van der Waals surface area contributed by atoms with Gasteiger partial charge in [0.2, 0.25) is 0 Å². The number of benzene rings is 1. The number of rotatable bonds is 0. The number of hydrogen-bond acceptors (Lipinski definition) is 1. The summed E-state index contributed by atoms with van der Waals surface area (Å²) in [4.78, 5) is 0. The predicted octanol–water partition coefficient (Wildman–Crippen LogP) is 1.16. The Hall–Kier alpha value is -1.31. The van der Waals surface area contributed by atoms with E-state index < -0.39 is 0 Å². The summed E-state index contributed by atoms with van der Waals surface area (Å²) in [6.45, 7) is 0. The molecule has 0 aliphatic heterocycles. The lowest BCUT2D eigenvalue weighted by Crippen LogP contribution is -1.65. The predicted molar refractivity (Wildman–Crippen MR) is 33.8 cm³/mol. The highest BCUT2D eigenvalue weighted by molar-refractivity contribution is 5.75. The minimum Gasteiger partial charge on any atom is -0.277 e. The molecule has 1 aromatic carbocycles. The number of nitrogens with one attached hydrogen (secondary N) is 1. The van der Waals surface area contributed by atoms with Crippen molar-refractivity contribution in [3.8, 4) is 0 Å². The van der Waals surface area contributed by atoms with Gasteiger partial charge < -0.3 is 0 Å². The average Bonchev–Trinajstić information content (AvgIpc) is 2.33. The summed E-state index contributed by atoms with van der Waals surface area (Å²) in [6, 6.07) is 9.61. The van der Waals surface area contributed by atoms with Gasteiger partial charge in [-0.3, -0.25) is 5.10 Å². The fourth-order valence-electron chi connectivity index (χ4n) is 0.762. The molecule has 2 rings (SSSR count). The van der Waals surface area contributed by atoms with Crippen molar-refractivity contribution in [3.63, 3.8) is 0 Å². The largest absolute Gasteiger partial charge is 0.277 e. The first kappa shape index (κ1) is 4.56. The molecular weight excluding hydrogens is 112 g/mol. The number of hydrogen-bond donors (Lipinski definition) is 1. The van der Waals surface area contributed by atoms with Crippen molar-refractivity contribution in [3.05, 3.63) is 30.5 Å². The van der Waals surface area contributed by atoms with E-state index >= 15 is 0 Å². The molecule has 0 saturated heterocycles. The second-order valence-electron chi connectivity index (χ2n) is 1.78. The van der Waals surface area contributed by atoms with Crippen LogP contribution in [0.25, 0.3) is 10.9 Å². The van der Waals surface area contributed by atoms with Crippen molar-refractivity contribution < 1.29 is 0 Å². The summed E-state index contributed by atoms with van der Waals surface area (Å²) in [7, 11) is 0. The fourth-order valence-corrected chi connectivity index (χ4v) is 0.762. The van der Waals surface area contributed by atoms with Crippen LogP contribution in [0.2, 0.25) is 0 Å². The Morgan fingerprint density at radius 3 is 3.11 bits per heavy atom. The Balaban J connectivity index is 2.95. The molecule has 9 heavy (non-hydrogen) atoms. The molecule has 0 bridgehead atoms. The molecule has 0 amide bonds. The molecule has 1 N–H and O–H groups in total. The Labute approximate surface area is 52.5 Å². The van der Waals surface area contributed by atoms with E-state index in [1.54, 1.807) is 12.3 Å². The first-order valence-electron chi connectivity index (χ1n) is 2.68. The molecule has 2 nitrogen and oxygen atoms in total. The van der Waals surface area contributed by atoms with Gasteiger partial charge in [-0.05, 0) is 6.07 Å². The number of aromatic amines is 1. The van der Waals surface area contributed by atoms with Gasteiger partial charge >= 0.3 is 0 Å². The van der Waals surface area contributed by atoms with Gasteiger partial charge in [-0.25, -0.2) is 0 Å². The Morgan fingerprint density at radius 1 is 1.33 bits per heavy atom. The fraction of sp³-hybridized carbons (Fsp3) is 0. The highest BCUT2D eigenvalue weighted by Gasteiger charge is 1.89. The van der Waals surface area contributed by atoms with Crippen molar-refractivity contribution >= 4 is 10.9 Å². The van der Waals surface area contributed by atoms with Gasteiger partial charge in [0.15, 0.2) is 0 Å². The summed E-state index contributed by atoms with van der Waals surface area (Å²) < 4.78 is 0. The van der Waals surface area contributed by atoms with Crippen LogP contribution in [0.1, 0.15) is 0 Å². The molecule has 0 fully saturated rings. The topological polar surface area (TPSA) is 28.7 Å². The lowest BCUT2D eigenvalue weighted by Gasteiger charge is -1.79. The molecule has 1 heterocycles. The van der Waals surface area contributed by atoms with Crippen LogP contribution in [-0.4, -0.2) is 10.2 Å². The molecule has 42 valence electrons. The number of aromatic nitrogens is 2. The minimum atomic E-state index is 0.914. The number of H-pyrrole nitrogens is 1. The second kappa shape index (κ2) is 1.58. The summed E-state index contributed by atoms with van der Waals surface area (Å²) >= 11 is 0. The van der Waals surface area contributed by atoms with Crippen LogP contribution in [0.5, 0.6) is 0 Å². The van der Waals surface area contributed by atoms with Crippen LogP contribution in [0, 0.1) is 12.1 Å². The molecule has 1 aromatic heterocycles. The SMILES string of the molecule is [c]1cc[c]c2[nH]ncc12. The molecule has 0 aliphatic rings. The quantitative estimate of drug-likeness (QED) is 0.549. The van der Waals surface area contributed by atoms with Gasteiger partial charge in [0.1, 0.15) is 0 Å². The van der Waals surface area contributed by atoms with Gasteiger partial charge in [0, 0.05) is 11.5 Å². The smallest absolute Gasteiger partial charge is 0.0735 e. The van der Waals surface area contributed by atoms with Crippen molar-refractivity contribution in [2.75, 3.05) is 0 Å². The van der Waals surface area contributed by atoms with E-state index in [1.165, 1.54) is 0 Å². The van der Waals surface area contributed by atoms with Gasteiger partial charge in [-0.15, -0.1) is 0 Å². The van der Waals surface area contributed by atoms with Crippen LogP contribution in [0.3, 0.4) is 0 Å². The first-order chi connectivity index (χ1) is 4.47. The molecule has 2 radical (unpaired) electrons. The van der Waals surface area contributed by atoms with E-state index in [4.69, 9.17) is 0 Å². The van der Waals surface area contributed by atoms with Crippen molar-refractivity contribution in [1.29, 1.82) is 0 Å². The minimum absolute atomic E-state index is 0.914. The molecule has 0 spiro atoms. The molecule has 0 aliphatic carbocycles. The van der Waals surface area contributed by atoms with Crippen molar-refractivity contribution in [1.82, 2.24) is 10.2 Å². The van der Waals surface area contributed by atoms with Gasteiger partial charge in [-0.2, -0.15) is 5.10 Å². The van der Waals surface area contributed by atoms with Crippen molar-refractivity contribution in [2.24, 2.45) is 0 Å². The standard InChI is InChI=1S/C7H4N2/c1-2-4-7-6(3-1)5-8-9-7/h1-2,5H,(H,8,9). The molecule has 2 aromatic rings. The maximum Gasteiger partial charge on any atom is 0.0735 e. The summed E-state index contributed by atoms with van der Waals surface area (Å²) in [5.74, 6) is 0. The maximum atomic E-state index is 3.81. The molecule has 0 unspecified atom stereocenters. The zero-order valence-electron chi connectivity index (χ0n) is 4.68. The molecule has 0 saturated carbocycles. The van der Waals surface area contributed by atoms with Gasteiger partial charge in [0.25, 0.3) is 0 Å². The highest BCUT2D eigenvalue weighted by Crippen LogP contribution is 2.05. The zero-order chi connectivity index (χ0) is 6.10. The van der Waals surface area contributed by atoms with Crippen molar-refractivity contribution in [2.45, 2.75) is 0 Å². The van der Waals surface area contributed by atoms with Crippen LogP contribution >= 0.6 is 0 Å². The third-order valence-corrected chi connectivity index (χ3v) is 1.19. The lowest BCUT2D eigenvalue weighted by molar-refractivity contribution is 1.12. The van der Waals surface area contributed by atoms with Crippen LogP contribution in [0.15, 0.2) is 18.3 Å². The summed E-state index contributed by atoms with van der Waals surface area (Å²) in [5.41, 5.74) is 0.914. The Kier molecular flexibility index (Phi) is 0.803. The van der Waals surface area contributed by atoms with Gasteiger partial charge in [-0.1, -0.05) is 12.1 Å². The molecule has 2 heteroatoms. The van der Waals surface area contributed by atoms with Gasteiger partial charge in [0.05, 0.1) is 11.7 Å².